The van der Waals surface area contributed by atoms with Gasteiger partial charge in [-0.05, 0) is 70.8 Å². The monoisotopic (exact) mass is 433 g/mol. The van der Waals surface area contributed by atoms with Gasteiger partial charge in [-0.25, -0.2) is 4.79 Å². The minimum Gasteiger partial charge on any atom is -0.490 e. The Morgan fingerprint density at radius 2 is 1.61 bits per heavy atom. The average Bonchev–Trinajstić information content (AvgIpc) is 2.72. The highest BCUT2D eigenvalue weighted by atomic mass is 16.6. The molecule has 0 aliphatic carbocycles. The quantitative estimate of drug-likeness (QED) is 0.502. The molecule has 2 saturated heterocycles. The van der Waals surface area contributed by atoms with Crippen LogP contribution >= 0.6 is 0 Å². The zero-order valence-corrected chi connectivity index (χ0v) is 19.3. The van der Waals surface area contributed by atoms with Crippen molar-refractivity contribution in [2.45, 2.75) is 59.0 Å². The van der Waals surface area contributed by atoms with Crippen molar-refractivity contribution in [1.82, 2.24) is 4.90 Å². The van der Waals surface area contributed by atoms with Crippen LogP contribution in [0.1, 0.15) is 52.0 Å². The summed E-state index contributed by atoms with van der Waals surface area (Å²) in [4.78, 5) is 27.3. The fourth-order valence-corrected chi connectivity index (χ4v) is 4.80. The number of anilines is 1. The predicted molar refractivity (Wildman–Crippen MR) is 120 cm³/mol. The number of aryl methyl sites for hydroxylation is 1. The van der Waals surface area contributed by atoms with Gasteiger partial charge in [0.1, 0.15) is 5.60 Å². The topological polar surface area (TPSA) is 85.2 Å². The maximum Gasteiger partial charge on any atom is 0.410 e. The predicted octanol–water partition coefficient (Wildman–Crippen LogP) is 4.78. The van der Waals surface area contributed by atoms with Crippen molar-refractivity contribution in [1.29, 1.82) is 0 Å². The normalized spacial score (nSPS) is 18.7. The zero-order chi connectivity index (χ0) is 22.8. The van der Waals surface area contributed by atoms with Crippen molar-refractivity contribution in [3.05, 3.63) is 27.8 Å². The molecule has 8 heteroatoms. The standard InChI is InChI=1S/C23H35N3O5/c1-16-14-20(26(28)29)21(30-5)15-19(16)24-10-6-17(7-11-24)18-8-12-25(13-9-18)22(27)31-23(2,3)4/h14-15,17-18H,6-13H2,1-5H3. The summed E-state index contributed by atoms with van der Waals surface area (Å²) in [5.74, 6) is 1.59. The van der Waals surface area contributed by atoms with Gasteiger partial charge in [0.25, 0.3) is 0 Å². The smallest absolute Gasteiger partial charge is 0.410 e. The largest absolute Gasteiger partial charge is 0.490 e. The maximum absolute atomic E-state index is 12.3. The number of nitro benzene ring substituents is 1. The molecule has 2 heterocycles. The van der Waals surface area contributed by atoms with Crippen molar-refractivity contribution < 1.29 is 19.2 Å². The Hall–Kier alpha value is -2.51. The van der Waals surface area contributed by atoms with Gasteiger partial charge in [0.15, 0.2) is 5.75 Å². The molecule has 172 valence electrons. The molecule has 31 heavy (non-hydrogen) atoms. The van der Waals surface area contributed by atoms with E-state index < -0.39 is 10.5 Å². The van der Waals surface area contributed by atoms with Crippen LogP contribution in [-0.4, -0.2) is 54.8 Å². The number of benzene rings is 1. The second-order valence-electron chi connectivity index (χ2n) is 9.70. The lowest BCUT2D eigenvalue weighted by atomic mass is 9.78. The van der Waals surface area contributed by atoms with Crippen molar-refractivity contribution in [2.24, 2.45) is 11.8 Å². The third-order valence-corrected chi connectivity index (χ3v) is 6.43. The highest BCUT2D eigenvalue weighted by Gasteiger charge is 2.33. The maximum atomic E-state index is 12.3. The number of methoxy groups -OCH3 is 1. The second kappa shape index (κ2) is 9.32. The van der Waals surface area contributed by atoms with E-state index in [0.717, 1.165) is 63.1 Å². The molecule has 0 saturated carbocycles. The fraction of sp³-hybridized carbons (Fsp3) is 0.696. The fourth-order valence-electron chi connectivity index (χ4n) is 4.80. The summed E-state index contributed by atoms with van der Waals surface area (Å²) in [6.07, 6.45) is 4.03. The molecule has 0 unspecified atom stereocenters. The summed E-state index contributed by atoms with van der Waals surface area (Å²) in [6.45, 7) is 11.0. The summed E-state index contributed by atoms with van der Waals surface area (Å²) in [7, 11) is 1.47. The van der Waals surface area contributed by atoms with E-state index in [-0.39, 0.29) is 11.8 Å². The number of hydrogen-bond donors (Lipinski definition) is 0. The van der Waals surface area contributed by atoms with Crippen LogP contribution in [-0.2, 0) is 4.74 Å². The molecule has 0 atom stereocenters. The number of hydrogen-bond acceptors (Lipinski definition) is 6. The Balaban J connectivity index is 1.55. The molecule has 1 aromatic rings. The van der Waals surface area contributed by atoms with Gasteiger partial charge in [-0.2, -0.15) is 0 Å². The van der Waals surface area contributed by atoms with Crippen molar-refractivity contribution in [2.75, 3.05) is 38.2 Å². The van der Waals surface area contributed by atoms with E-state index in [1.807, 2.05) is 32.6 Å². The molecule has 2 aliphatic rings. The van der Waals surface area contributed by atoms with Crippen LogP contribution in [0.15, 0.2) is 12.1 Å². The summed E-state index contributed by atoms with van der Waals surface area (Å²) in [5.41, 5.74) is 1.46. The van der Waals surface area contributed by atoms with Gasteiger partial charge in [0.05, 0.1) is 12.0 Å². The minimum absolute atomic E-state index is 0.00961. The third kappa shape index (κ3) is 5.60. The van der Waals surface area contributed by atoms with Crippen LogP contribution in [0.25, 0.3) is 0 Å². The first-order chi connectivity index (χ1) is 14.6. The number of carbonyl (C=O) groups is 1. The van der Waals surface area contributed by atoms with E-state index in [9.17, 15) is 14.9 Å². The Bertz CT molecular complexity index is 804. The van der Waals surface area contributed by atoms with E-state index in [1.54, 1.807) is 12.1 Å². The lowest BCUT2D eigenvalue weighted by Gasteiger charge is -2.41. The lowest BCUT2D eigenvalue weighted by Crippen LogP contribution is -2.44. The number of piperidine rings is 2. The molecule has 2 fully saturated rings. The molecule has 0 N–H and O–H groups in total. The lowest BCUT2D eigenvalue weighted by molar-refractivity contribution is -0.385. The van der Waals surface area contributed by atoms with Crippen LogP contribution in [0, 0.1) is 28.9 Å². The number of ether oxygens (including phenoxy) is 2. The number of amides is 1. The summed E-state index contributed by atoms with van der Waals surface area (Å²) >= 11 is 0. The molecule has 1 aromatic carbocycles. The number of nitrogens with zero attached hydrogens (tertiary/aromatic N) is 3. The van der Waals surface area contributed by atoms with Gasteiger partial charge in [0.2, 0.25) is 0 Å². The van der Waals surface area contributed by atoms with Gasteiger partial charge < -0.3 is 19.3 Å². The first kappa shape index (κ1) is 23.2. The van der Waals surface area contributed by atoms with E-state index in [4.69, 9.17) is 9.47 Å². The SMILES string of the molecule is COc1cc(N2CCC(C3CCN(C(=O)OC(C)(C)C)CC3)CC2)c(C)cc1[N+](=O)[O-]. The van der Waals surface area contributed by atoms with Gasteiger partial charge in [0, 0.05) is 44.0 Å². The number of rotatable bonds is 4. The first-order valence-corrected chi connectivity index (χ1v) is 11.1. The number of nitro groups is 1. The number of carbonyl (C=O) groups excluding carboxylic acids is 1. The van der Waals surface area contributed by atoms with Crippen LogP contribution < -0.4 is 9.64 Å². The summed E-state index contributed by atoms with van der Waals surface area (Å²) in [6, 6.07) is 3.40. The van der Waals surface area contributed by atoms with Crippen molar-refractivity contribution in [3.8, 4) is 5.75 Å². The molecule has 0 radical (unpaired) electrons. The van der Waals surface area contributed by atoms with Crippen LogP contribution in [0.4, 0.5) is 16.2 Å². The Kier molecular flexibility index (Phi) is 6.96. The molecule has 0 bridgehead atoms. The van der Waals surface area contributed by atoms with Gasteiger partial charge >= 0.3 is 11.8 Å². The highest BCUT2D eigenvalue weighted by molar-refractivity contribution is 5.68. The molecule has 0 spiro atoms. The van der Waals surface area contributed by atoms with Crippen LogP contribution in [0.2, 0.25) is 0 Å². The Morgan fingerprint density at radius 3 is 2.10 bits per heavy atom. The van der Waals surface area contributed by atoms with Gasteiger partial charge in [-0.15, -0.1) is 0 Å². The minimum atomic E-state index is -0.459. The van der Waals surface area contributed by atoms with E-state index in [0.29, 0.717) is 17.6 Å². The molecular formula is C23H35N3O5. The molecule has 2 aliphatic heterocycles. The van der Waals surface area contributed by atoms with Crippen LogP contribution in [0.3, 0.4) is 0 Å². The third-order valence-electron chi connectivity index (χ3n) is 6.43. The van der Waals surface area contributed by atoms with E-state index in [1.165, 1.54) is 7.11 Å². The summed E-state index contributed by atoms with van der Waals surface area (Å²) in [5, 5.41) is 11.3. The molecule has 0 aromatic heterocycles. The number of likely N-dealkylation sites (tertiary alicyclic amines) is 1. The first-order valence-electron chi connectivity index (χ1n) is 11.1. The van der Waals surface area contributed by atoms with Crippen LogP contribution in [0.5, 0.6) is 5.75 Å². The highest BCUT2D eigenvalue weighted by Crippen LogP contribution is 2.38. The Morgan fingerprint density at radius 1 is 1.06 bits per heavy atom. The second-order valence-corrected chi connectivity index (χ2v) is 9.70. The average molecular weight is 434 g/mol. The van der Waals surface area contributed by atoms with E-state index >= 15 is 0 Å². The molecule has 8 nitrogen and oxygen atoms in total. The van der Waals surface area contributed by atoms with Gasteiger partial charge in [-0.3, -0.25) is 10.1 Å². The van der Waals surface area contributed by atoms with E-state index in [2.05, 4.69) is 4.90 Å². The Labute approximate surface area is 184 Å². The van der Waals surface area contributed by atoms with Crippen molar-refractivity contribution >= 4 is 17.5 Å². The zero-order valence-electron chi connectivity index (χ0n) is 19.3. The summed E-state index contributed by atoms with van der Waals surface area (Å²) < 4.78 is 10.8. The molecule has 3 rings (SSSR count). The molecular weight excluding hydrogens is 398 g/mol. The van der Waals surface area contributed by atoms with Crippen molar-refractivity contribution in [3.63, 3.8) is 0 Å². The molecule has 1 amide bonds. The van der Waals surface area contributed by atoms with Gasteiger partial charge in [-0.1, -0.05) is 0 Å².